The van der Waals surface area contributed by atoms with Crippen molar-refractivity contribution in [3.05, 3.63) is 65.9 Å². The third-order valence-corrected chi connectivity index (χ3v) is 3.21. The van der Waals surface area contributed by atoms with Gasteiger partial charge in [-0.2, -0.15) is 0 Å². The number of hydrogen-bond acceptors (Lipinski definition) is 3. The maximum atomic E-state index is 12.1. The molecule has 0 aliphatic heterocycles. The summed E-state index contributed by atoms with van der Waals surface area (Å²) in [5.74, 6) is 0.518. The molecule has 0 N–H and O–H groups in total. The predicted molar refractivity (Wildman–Crippen MR) is 84.6 cm³/mol. The van der Waals surface area contributed by atoms with Gasteiger partial charge < -0.3 is 14.2 Å². The number of hydrogen-bond donors (Lipinski definition) is 0. The molecule has 2 aromatic rings. The molecule has 0 heterocycles. The van der Waals surface area contributed by atoms with E-state index in [1.165, 1.54) is 12.1 Å². The molecule has 0 radical (unpaired) electrons. The van der Waals surface area contributed by atoms with Crippen LogP contribution in [0, 0.1) is 0 Å². The van der Waals surface area contributed by atoms with Crippen molar-refractivity contribution in [3.8, 4) is 11.5 Å². The molecular weight excluding hydrogens is 321 g/mol. The standard InChI is InChI=1S/C18H17F3O3/c1-13(11-23-12-14-3-7-16(22-2)8-4-14)15-5-9-17(10-6-15)24-18(19,20)21/h3-11H,12H2,1-2H3/b13-11+. The van der Waals surface area contributed by atoms with Crippen LogP contribution in [0.15, 0.2) is 54.8 Å². The molecule has 0 aromatic heterocycles. The fraction of sp³-hybridized carbons (Fsp3) is 0.222. The van der Waals surface area contributed by atoms with Gasteiger partial charge in [0.15, 0.2) is 0 Å². The monoisotopic (exact) mass is 338 g/mol. The SMILES string of the molecule is COc1ccc(CO/C=C(\C)c2ccc(OC(F)(F)F)cc2)cc1. The second kappa shape index (κ2) is 7.77. The van der Waals surface area contributed by atoms with Gasteiger partial charge in [-0.25, -0.2) is 0 Å². The van der Waals surface area contributed by atoms with Gasteiger partial charge in [0, 0.05) is 0 Å². The first-order valence-corrected chi connectivity index (χ1v) is 7.15. The van der Waals surface area contributed by atoms with Crippen LogP contribution in [0.4, 0.5) is 13.2 Å². The van der Waals surface area contributed by atoms with Crippen LogP contribution in [-0.2, 0) is 11.3 Å². The van der Waals surface area contributed by atoms with E-state index in [2.05, 4.69) is 4.74 Å². The zero-order valence-corrected chi connectivity index (χ0v) is 13.3. The van der Waals surface area contributed by atoms with Gasteiger partial charge in [-0.05, 0) is 47.9 Å². The van der Waals surface area contributed by atoms with Gasteiger partial charge in [0.05, 0.1) is 13.4 Å². The van der Waals surface area contributed by atoms with Crippen LogP contribution in [-0.4, -0.2) is 13.5 Å². The fourth-order valence-electron chi connectivity index (χ4n) is 1.97. The van der Waals surface area contributed by atoms with Crippen molar-refractivity contribution in [2.24, 2.45) is 0 Å². The van der Waals surface area contributed by atoms with Gasteiger partial charge in [-0.15, -0.1) is 13.2 Å². The fourth-order valence-corrected chi connectivity index (χ4v) is 1.97. The molecule has 2 rings (SSSR count). The molecule has 2 aromatic carbocycles. The van der Waals surface area contributed by atoms with Crippen LogP contribution < -0.4 is 9.47 Å². The second-order valence-corrected chi connectivity index (χ2v) is 5.03. The minimum atomic E-state index is -4.69. The first-order chi connectivity index (χ1) is 11.4. The van der Waals surface area contributed by atoms with E-state index in [9.17, 15) is 13.2 Å². The van der Waals surface area contributed by atoms with Gasteiger partial charge in [0.2, 0.25) is 0 Å². The van der Waals surface area contributed by atoms with Gasteiger partial charge >= 0.3 is 6.36 Å². The Kier molecular flexibility index (Phi) is 5.73. The summed E-state index contributed by atoms with van der Waals surface area (Å²) in [4.78, 5) is 0. The maximum Gasteiger partial charge on any atom is 0.573 e. The summed E-state index contributed by atoms with van der Waals surface area (Å²) in [6.45, 7) is 2.20. The Bertz CT molecular complexity index is 674. The highest BCUT2D eigenvalue weighted by Gasteiger charge is 2.30. The van der Waals surface area contributed by atoms with Gasteiger partial charge in [0.1, 0.15) is 18.1 Å². The largest absolute Gasteiger partial charge is 0.573 e. The predicted octanol–water partition coefficient (Wildman–Crippen LogP) is 5.17. The van der Waals surface area contributed by atoms with Crippen molar-refractivity contribution in [2.45, 2.75) is 19.9 Å². The molecule has 0 amide bonds. The molecule has 0 spiro atoms. The summed E-state index contributed by atoms with van der Waals surface area (Å²) in [6, 6.07) is 13.1. The van der Waals surface area contributed by atoms with Crippen LogP contribution >= 0.6 is 0 Å². The lowest BCUT2D eigenvalue weighted by Crippen LogP contribution is -2.16. The zero-order chi connectivity index (χ0) is 17.6. The molecule has 3 nitrogen and oxygen atoms in total. The molecule has 128 valence electrons. The highest BCUT2D eigenvalue weighted by atomic mass is 19.4. The summed E-state index contributed by atoms with van der Waals surface area (Å²) in [5.41, 5.74) is 2.52. The van der Waals surface area contributed by atoms with E-state index in [-0.39, 0.29) is 5.75 Å². The van der Waals surface area contributed by atoms with Crippen LogP contribution in [0.25, 0.3) is 5.57 Å². The van der Waals surface area contributed by atoms with Crippen molar-refractivity contribution < 1.29 is 27.4 Å². The molecule has 0 aliphatic rings. The molecule has 0 fully saturated rings. The Morgan fingerprint density at radius 3 is 2.08 bits per heavy atom. The van der Waals surface area contributed by atoms with Gasteiger partial charge in [-0.1, -0.05) is 24.3 Å². The summed E-state index contributed by atoms with van der Waals surface area (Å²) >= 11 is 0. The molecule has 0 bridgehead atoms. The normalized spacial score (nSPS) is 12.0. The average molecular weight is 338 g/mol. The van der Waals surface area contributed by atoms with E-state index >= 15 is 0 Å². The first-order valence-electron chi connectivity index (χ1n) is 7.15. The van der Waals surface area contributed by atoms with Crippen molar-refractivity contribution in [3.63, 3.8) is 0 Å². The first kappa shape index (κ1) is 17.7. The number of rotatable bonds is 6. The molecule has 0 aliphatic carbocycles. The minimum Gasteiger partial charge on any atom is -0.497 e. The van der Waals surface area contributed by atoms with E-state index < -0.39 is 6.36 Å². The Morgan fingerprint density at radius 2 is 1.54 bits per heavy atom. The van der Waals surface area contributed by atoms with E-state index in [1.807, 2.05) is 31.2 Å². The van der Waals surface area contributed by atoms with E-state index in [0.717, 1.165) is 22.4 Å². The van der Waals surface area contributed by atoms with Crippen LogP contribution in [0.5, 0.6) is 11.5 Å². The number of methoxy groups -OCH3 is 1. The Morgan fingerprint density at radius 1 is 0.958 bits per heavy atom. The molecular formula is C18H17F3O3. The summed E-state index contributed by atoms with van der Waals surface area (Å²) in [7, 11) is 1.60. The van der Waals surface area contributed by atoms with E-state index in [0.29, 0.717) is 6.61 Å². The van der Waals surface area contributed by atoms with Gasteiger partial charge in [0.25, 0.3) is 0 Å². The molecule has 6 heteroatoms. The topological polar surface area (TPSA) is 27.7 Å². The van der Waals surface area contributed by atoms with Crippen molar-refractivity contribution in [2.75, 3.05) is 7.11 Å². The highest BCUT2D eigenvalue weighted by Crippen LogP contribution is 2.24. The summed E-state index contributed by atoms with van der Waals surface area (Å²) in [6.07, 6.45) is -3.11. The quantitative estimate of drug-likeness (QED) is 0.680. The Labute approximate surface area is 138 Å². The number of ether oxygens (including phenoxy) is 3. The highest BCUT2D eigenvalue weighted by molar-refractivity contribution is 5.63. The summed E-state index contributed by atoms with van der Waals surface area (Å²) in [5, 5.41) is 0. The van der Waals surface area contributed by atoms with Crippen molar-refractivity contribution in [1.82, 2.24) is 0 Å². The van der Waals surface area contributed by atoms with E-state index in [4.69, 9.17) is 9.47 Å². The minimum absolute atomic E-state index is 0.252. The second-order valence-electron chi connectivity index (χ2n) is 5.03. The molecule has 0 unspecified atom stereocenters. The number of allylic oxidation sites excluding steroid dienone is 1. The average Bonchev–Trinajstić information content (AvgIpc) is 2.54. The van der Waals surface area contributed by atoms with Crippen LogP contribution in [0.2, 0.25) is 0 Å². The van der Waals surface area contributed by atoms with Crippen molar-refractivity contribution >= 4 is 5.57 Å². The number of benzene rings is 2. The van der Waals surface area contributed by atoms with E-state index in [1.54, 1.807) is 25.5 Å². The lowest BCUT2D eigenvalue weighted by molar-refractivity contribution is -0.274. The van der Waals surface area contributed by atoms with Crippen LogP contribution in [0.1, 0.15) is 18.1 Å². The molecule has 24 heavy (non-hydrogen) atoms. The number of halogens is 3. The lowest BCUT2D eigenvalue weighted by Gasteiger charge is -2.09. The maximum absolute atomic E-state index is 12.1. The third kappa shape index (κ3) is 5.53. The third-order valence-electron chi connectivity index (χ3n) is 3.21. The zero-order valence-electron chi connectivity index (χ0n) is 13.3. The van der Waals surface area contributed by atoms with Crippen molar-refractivity contribution in [1.29, 1.82) is 0 Å². The molecule has 0 saturated carbocycles. The van der Waals surface area contributed by atoms with Crippen LogP contribution in [0.3, 0.4) is 0 Å². The lowest BCUT2D eigenvalue weighted by atomic mass is 10.1. The van der Waals surface area contributed by atoms with Gasteiger partial charge in [-0.3, -0.25) is 0 Å². The summed E-state index contributed by atoms with van der Waals surface area (Å²) < 4.78 is 50.8. The Hall–Kier alpha value is -2.63. The Balaban J connectivity index is 1.92. The number of alkyl halides is 3. The molecule has 0 atom stereocenters. The smallest absolute Gasteiger partial charge is 0.497 e. The molecule has 0 saturated heterocycles.